The molecule has 0 unspecified atom stereocenters. The zero-order valence-electron chi connectivity index (χ0n) is 9.59. The summed E-state index contributed by atoms with van der Waals surface area (Å²) >= 11 is 0. The Morgan fingerprint density at radius 2 is 2.33 bits per heavy atom. The zero-order valence-corrected chi connectivity index (χ0v) is 9.59. The van der Waals surface area contributed by atoms with E-state index in [4.69, 9.17) is 4.74 Å². The van der Waals surface area contributed by atoms with E-state index in [-0.39, 0.29) is 11.8 Å². The van der Waals surface area contributed by atoms with Crippen molar-refractivity contribution < 1.29 is 9.53 Å². The van der Waals surface area contributed by atoms with Crippen molar-refractivity contribution in [3.05, 3.63) is 36.2 Å². The Hall–Kier alpha value is -2.37. The topological polar surface area (TPSA) is 79.9 Å². The van der Waals surface area contributed by atoms with Crippen molar-refractivity contribution in [2.24, 2.45) is 5.92 Å². The molecule has 0 saturated carbocycles. The first-order valence-electron chi connectivity index (χ1n) is 5.70. The highest BCUT2D eigenvalue weighted by Gasteiger charge is 2.26. The van der Waals surface area contributed by atoms with Crippen molar-refractivity contribution in [3.63, 3.8) is 0 Å². The zero-order chi connectivity index (χ0) is 12.4. The number of fused-ring (bicyclic) bond motifs is 1. The Morgan fingerprint density at radius 1 is 1.44 bits per heavy atom. The van der Waals surface area contributed by atoms with Crippen LogP contribution in [0.4, 0.5) is 5.95 Å². The lowest BCUT2D eigenvalue weighted by Crippen LogP contribution is -2.32. The fourth-order valence-electron chi connectivity index (χ4n) is 1.98. The Balaban J connectivity index is 1.70. The van der Waals surface area contributed by atoms with Crippen molar-refractivity contribution in [2.45, 2.75) is 6.42 Å². The van der Waals surface area contributed by atoms with Gasteiger partial charge in [0.05, 0.1) is 5.92 Å². The van der Waals surface area contributed by atoms with Crippen molar-refractivity contribution in [2.75, 3.05) is 11.9 Å². The van der Waals surface area contributed by atoms with Gasteiger partial charge in [0.2, 0.25) is 11.9 Å². The number of ether oxygens (including phenoxy) is 1. The molecule has 2 heterocycles. The van der Waals surface area contributed by atoms with Crippen LogP contribution in [0.5, 0.6) is 5.75 Å². The minimum atomic E-state index is -0.204. The van der Waals surface area contributed by atoms with E-state index in [0.29, 0.717) is 19.0 Å². The maximum absolute atomic E-state index is 12.0. The largest absolute Gasteiger partial charge is 0.492 e. The first-order valence-corrected chi connectivity index (χ1v) is 5.70. The summed E-state index contributed by atoms with van der Waals surface area (Å²) in [4.78, 5) is 15.9. The number of nitrogens with zero attached hydrogens (tertiary/aromatic N) is 2. The maximum atomic E-state index is 12.0. The van der Waals surface area contributed by atoms with Gasteiger partial charge in [-0.15, -0.1) is 0 Å². The molecule has 18 heavy (non-hydrogen) atoms. The van der Waals surface area contributed by atoms with Crippen LogP contribution < -0.4 is 10.1 Å². The molecular formula is C12H12N4O2. The molecule has 92 valence electrons. The minimum Gasteiger partial charge on any atom is -0.492 e. The van der Waals surface area contributed by atoms with Gasteiger partial charge in [0.1, 0.15) is 18.7 Å². The Morgan fingerprint density at radius 3 is 3.17 bits per heavy atom. The van der Waals surface area contributed by atoms with Gasteiger partial charge in [0.25, 0.3) is 0 Å². The average molecular weight is 244 g/mol. The van der Waals surface area contributed by atoms with E-state index in [1.165, 1.54) is 6.33 Å². The smallest absolute Gasteiger partial charge is 0.233 e. The fourth-order valence-corrected chi connectivity index (χ4v) is 1.98. The summed E-state index contributed by atoms with van der Waals surface area (Å²) in [6, 6.07) is 7.76. The lowest BCUT2D eigenvalue weighted by Gasteiger charge is -2.23. The molecule has 6 nitrogen and oxygen atoms in total. The maximum Gasteiger partial charge on any atom is 0.233 e. The van der Waals surface area contributed by atoms with E-state index in [1.54, 1.807) is 0 Å². The predicted molar refractivity (Wildman–Crippen MR) is 64.1 cm³/mol. The van der Waals surface area contributed by atoms with Crippen molar-refractivity contribution in [1.29, 1.82) is 0 Å². The number of benzene rings is 1. The summed E-state index contributed by atoms with van der Waals surface area (Å²) in [5, 5.41) is 8.94. The third-order valence-electron chi connectivity index (χ3n) is 2.91. The number of H-pyrrole nitrogens is 1. The number of amides is 1. The molecule has 1 amide bonds. The van der Waals surface area contributed by atoms with Gasteiger partial charge in [0, 0.05) is 0 Å². The number of carbonyl (C=O) groups excluding carboxylic acids is 1. The highest BCUT2D eigenvalue weighted by Crippen LogP contribution is 2.27. The second kappa shape index (κ2) is 4.48. The summed E-state index contributed by atoms with van der Waals surface area (Å²) in [5.74, 6) is 0.909. The molecular weight excluding hydrogens is 232 g/mol. The van der Waals surface area contributed by atoms with Gasteiger partial charge >= 0.3 is 0 Å². The van der Waals surface area contributed by atoms with Crippen LogP contribution in [0.1, 0.15) is 5.56 Å². The molecule has 1 aromatic carbocycles. The van der Waals surface area contributed by atoms with Crippen LogP contribution in [-0.4, -0.2) is 27.7 Å². The summed E-state index contributed by atoms with van der Waals surface area (Å²) in [6.45, 7) is 0.386. The SMILES string of the molecule is O=C(Nc1ncn[nH]1)[C@@H]1COc2ccccc2C1. The van der Waals surface area contributed by atoms with Gasteiger partial charge in [-0.1, -0.05) is 18.2 Å². The summed E-state index contributed by atoms with van der Waals surface area (Å²) in [6.07, 6.45) is 2.03. The summed E-state index contributed by atoms with van der Waals surface area (Å²) < 4.78 is 5.57. The Bertz CT molecular complexity index is 553. The van der Waals surface area contributed by atoms with Gasteiger partial charge in [0.15, 0.2) is 0 Å². The molecule has 2 aromatic rings. The highest BCUT2D eigenvalue weighted by molar-refractivity contribution is 5.91. The number of nitrogens with one attached hydrogen (secondary N) is 2. The molecule has 0 spiro atoms. The van der Waals surface area contributed by atoms with Crippen LogP contribution in [0, 0.1) is 5.92 Å². The van der Waals surface area contributed by atoms with Gasteiger partial charge in [-0.3, -0.25) is 10.1 Å². The molecule has 1 aliphatic heterocycles. The normalized spacial score (nSPS) is 17.7. The number of para-hydroxylation sites is 1. The number of hydrogen-bond acceptors (Lipinski definition) is 4. The second-order valence-corrected chi connectivity index (χ2v) is 4.14. The van der Waals surface area contributed by atoms with E-state index in [1.807, 2.05) is 24.3 Å². The fraction of sp³-hybridized carbons (Fsp3) is 0.250. The minimum absolute atomic E-state index is 0.110. The van der Waals surface area contributed by atoms with Gasteiger partial charge in [-0.25, -0.2) is 5.10 Å². The Labute approximate surface area is 103 Å². The molecule has 2 N–H and O–H groups in total. The van der Waals surface area contributed by atoms with E-state index >= 15 is 0 Å². The Kier molecular flexibility index (Phi) is 2.68. The summed E-state index contributed by atoms with van der Waals surface area (Å²) in [5.41, 5.74) is 1.06. The molecule has 0 aliphatic carbocycles. The van der Waals surface area contributed by atoms with E-state index < -0.39 is 0 Å². The third kappa shape index (κ3) is 2.04. The van der Waals surface area contributed by atoms with Crippen LogP contribution in [0.2, 0.25) is 0 Å². The lowest BCUT2D eigenvalue weighted by atomic mass is 9.96. The number of aromatic nitrogens is 3. The molecule has 0 saturated heterocycles. The molecule has 1 atom stereocenters. The van der Waals surface area contributed by atoms with Gasteiger partial charge < -0.3 is 4.74 Å². The quantitative estimate of drug-likeness (QED) is 0.825. The van der Waals surface area contributed by atoms with Crippen molar-refractivity contribution in [1.82, 2.24) is 15.2 Å². The number of carbonyl (C=O) groups is 1. The standard InChI is InChI=1S/C12H12N4O2/c17-11(15-12-13-7-14-16-12)9-5-8-3-1-2-4-10(8)18-6-9/h1-4,7,9H,5-6H2,(H2,13,14,15,16,17)/t9-/m0/s1. The highest BCUT2D eigenvalue weighted by atomic mass is 16.5. The molecule has 0 bridgehead atoms. The molecule has 3 rings (SSSR count). The van der Waals surface area contributed by atoms with E-state index in [0.717, 1.165) is 11.3 Å². The van der Waals surface area contributed by atoms with Crippen LogP contribution in [-0.2, 0) is 11.2 Å². The van der Waals surface area contributed by atoms with Crippen LogP contribution in [0.3, 0.4) is 0 Å². The molecule has 6 heteroatoms. The number of anilines is 1. The predicted octanol–water partition coefficient (Wildman–Crippen LogP) is 0.994. The van der Waals surface area contributed by atoms with Crippen LogP contribution in [0.25, 0.3) is 0 Å². The molecule has 0 fully saturated rings. The lowest BCUT2D eigenvalue weighted by molar-refractivity contribution is -0.121. The first-order chi connectivity index (χ1) is 8.83. The van der Waals surface area contributed by atoms with E-state index in [2.05, 4.69) is 20.5 Å². The average Bonchev–Trinajstić information content (AvgIpc) is 2.91. The van der Waals surface area contributed by atoms with Crippen LogP contribution >= 0.6 is 0 Å². The van der Waals surface area contributed by atoms with Crippen LogP contribution in [0.15, 0.2) is 30.6 Å². The van der Waals surface area contributed by atoms with Crippen molar-refractivity contribution >= 4 is 11.9 Å². The molecule has 1 aliphatic rings. The van der Waals surface area contributed by atoms with Crippen molar-refractivity contribution in [3.8, 4) is 5.75 Å². The first kappa shape index (κ1) is 10.8. The molecule has 0 radical (unpaired) electrons. The number of aromatic amines is 1. The van der Waals surface area contributed by atoms with E-state index in [9.17, 15) is 4.79 Å². The molecule has 1 aromatic heterocycles. The number of rotatable bonds is 2. The second-order valence-electron chi connectivity index (χ2n) is 4.14. The third-order valence-corrected chi connectivity index (χ3v) is 2.91. The van der Waals surface area contributed by atoms with Gasteiger partial charge in [-0.05, 0) is 18.1 Å². The van der Waals surface area contributed by atoms with Gasteiger partial charge in [-0.2, -0.15) is 10.1 Å². The monoisotopic (exact) mass is 244 g/mol. The summed E-state index contributed by atoms with van der Waals surface area (Å²) in [7, 11) is 0. The number of hydrogen-bond donors (Lipinski definition) is 2.